The Bertz CT molecular complexity index is 408. The highest BCUT2D eigenvalue weighted by molar-refractivity contribution is 5.57. The van der Waals surface area contributed by atoms with Crippen LogP contribution in [0.1, 0.15) is 6.42 Å². The number of nitrogens with zero attached hydrogens (tertiary/aromatic N) is 3. The molecule has 2 aromatic rings. The molecule has 0 aliphatic rings. The lowest BCUT2D eigenvalue weighted by atomic mass is 10.2. The van der Waals surface area contributed by atoms with Crippen molar-refractivity contribution in [1.82, 2.24) is 14.8 Å². The maximum atomic E-state index is 5.44. The second-order valence-corrected chi connectivity index (χ2v) is 3.34. The van der Waals surface area contributed by atoms with E-state index in [4.69, 9.17) is 5.73 Å². The molecule has 78 valence electrons. The largest absolute Gasteiger partial charge is 0.330 e. The van der Waals surface area contributed by atoms with Crippen molar-refractivity contribution < 1.29 is 0 Å². The smallest absolute Gasteiger partial charge is 0.0924 e. The van der Waals surface area contributed by atoms with Crippen molar-refractivity contribution in [2.45, 2.75) is 13.0 Å². The van der Waals surface area contributed by atoms with Gasteiger partial charge in [0.1, 0.15) is 0 Å². The lowest BCUT2D eigenvalue weighted by Gasteiger charge is -1.98. The van der Waals surface area contributed by atoms with Gasteiger partial charge in [-0.15, -0.1) is 0 Å². The fourth-order valence-electron chi connectivity index (χ4n) is 1.42. The zero-order valence-electron chi connectivity index (χ0n) is 8.50. The summed E-state index contributed by atoms with van der Waals surface area (Å²) in [6.45, 7) is 1.58. The molecule has 15 heavy (non-hydrogen) atoms. The van der Waals surface area contributed by atoms with E-state index in [-0.39, 0.29) is 0 Å². The van der Waals surface area contributed by atoms with E-state index in [9.17, 15) is 0 Å². The predicted molar refractivity (Wildman–Crippen MR) is 59.1 cm³/mol. The molecule has 2 aromatic heterocycles. The van der Waals surface area contributed by atoms with Crippen LogP contribution < -0.4 is 5.73 Å². The zero-order valence-corrected chi connectivity index (χ0v) is 8.50. The summed E-state index contributed by atoms with van der Waals surface area (Å²) >= 11 is 0. The molecule has 2 heterocycles. The van der Waals surface area contributed by atoms with Gasteiger partial charge in [-0.1, -0.05) is 0 Å². The lowest BCUT2D eigenvalue weighted by molar-refractivity contribution is 0.586. The molecule has 0 bridgehead atoms. The van der Waals surface area contributed by atoms with Crippen molar-refractivity contribution in [3.8, 4) is 11.3 Å². The molecule has 0 radical (unpaired) electrons. The Hall–Kier alpha value is -1.68. The normalized spacial score (nSPS) is 10.5. The molecule has 0 unspecified atom stereocenters. The standard InChI is InChI=1S/C11H14N4/c12-5-1-8-15-9-4-11(14-15)10-2-6-13-7-3-10/h2-4,6-7,9H,1,5,8,12H2. The molecule has 0 saturated carbocycles. The molecular formula is C11H14N4. The van der Waals surface area contributed by atoms with Crippen LogP contribution in [0.5, 0.6) is 0 Å². The van der Waals surface area contributed by atoms with E-state index in [2.05, 4.69) is 10.1 Å². The Morgan fingerprint density at radius 3 is 2.73 bits per heavy atom. The highest BCUT2D eigenvalue weighted by Gasteiger charge is 2.00. The van der Waals surface area contributed by atoms with E-state index in [0.29, 0.717) is 6.54 Å². The molecule has 2 N–H and O–H groups in total. The molecule has 0 fully saturated rings. The van der Waals surface area contributed by atoms with Gasteiger partial charge in [0.25, 0.3) is 0 Å². The maximum absolute atomic E-state index is 5.44. The van der Waals surface area contributed by atoms with Crippen molar-refractivity contribution >= 4 is 0 Å². The molecule has 0 aliphatic heterocycles. The number of rotatable bonds is 4. The second kappa shape index (κ2) is 4.70. The van der Waals surface area contributed by atoms with Gasteiger partial charge in [-0.05, 0) is 31.2 Å². The minimum absolute atomic E-state index is 0.699. The van der Waals surface area contributed by atoms with Crippen LogP contribution in [-0.2, 0) is 6.54 Å². The van der Waals surface area contributed by atoms with Gasteiger partial charge in [-0.2, -0.15) is 5.10 Å². The molecule has 0 atom stereocenters. The molecular weight excluding hydrogens is 188 g/mol. The van der Waals surface area contributed by atoms with Gasteiger partial charge in [0.2, 0.25) is 0 Å². The first kappa shape index (κ1) is 9.86. The van der Waals surface area contributed by atoms with E-state index in [1.165, 1.54) is 0 Å². The van der Waals surface area contributed by atoms with Crippen molar-refractivity contribution in [3.05, 3.63) is 36.8 Å². The molecule has 4 nitrogen and oxygen atoms in total. The quantitative estimate of drug-likeness (QED) is 0.812. The molecule has 0 amide bonds. The van der Waals surface area contributed by atoms with Gasteiger partial charge in [-0.25, -0.2) is 0 Å². The van der Waals surface area contributed by atoms with Gasteiger partial charge < -0.3 is 5.73 Å². The maximum Gasteiger partial charge on any atom is 0.0924 e. The third-order valence-electron chi connectivity index (χ3n) is 2.21. The average molecular weight is 202 g/mol. The van der Waals surface area contributed by atoms with E-state index < -0.39 is 0 Å². The van der Waals surface area contributed by atoms with Crippen molar-refractivity contribution in [2.75, 3.05) is 6.54 Å². The summed E-state index contributed by atoms with van der Waals surface area (Å²) < 4.78 is 1.92. The zero-order chi connectivity index (χ0) is 10.5. The number of aromatic nitrogens is 3. The van der Waals surface area contributed by atoms with E-state index in [0.717, 1.165) is 24.2 Å². The summed E-state index contributed by atoms with van der Waals surface area (Å²) in [5.41, 5.74) is 7.52. The Labute approximate surface area is 88.8 Å². The molecule has 4 heteroatoms. The summed E-state index contributed by atoms with van der Waals surface area (Å²) in [5.74, 6) is 0. The topological polar surface area (TPSA) is 56.7 Å². The summed E-state index contributed by atoms with van der Waals surface area (Å²) in [6.07, 6.45) is 6.48. The molecule has 2 rings (SSSR count). The van der Waals surface area contributed by atoms with Crippen LogP contribution in [-0.4, -0.2) is 21.3 Å². The summed E-state index contributed by atoms with van der Waals surface area (Å²) in [7, 11) is 0. The van der Waals surface area contributed by atoms with Crippen molar-refractivity contribution in [2.24, 2.45) is 5.73 Å². The van der Waals surface area contributed by atoms with E-state index in [1.54, 1.807) is 12.4 Å². The summed E-state index contributed by atoms with van der Waals surface area (Å²) in [5, 5.41) is 4.45. The lowest BCUT2D eigenvalue weighted by Crippen LogP contribution is -2.06. The van der Waals surface area contributed by atoms with Gasteiger partial charge in [-0.3, -0.25) is 9.67 Å². The van der Waals surface area contributed by atoms with Crippen LogP contribution in [0.3, 0.4) is 0 Å². The number of aryl methyl sites for hydroxylation is 1. The number of hydrogen-bond acceptors (Lipinski definition) is 3. The number of hydrogen-bond donors (Lipinski definition) is 1. The van der Waals surface area contributed by atoms with Gasteiger partial charge in [0.05, 0.1) is 5.69 Å². The van der Waals surface area contributed by atoms with E-state index in [1.807, 2.05) is 29.1 Å². The van der Waals surface area contributed by atoms with Gasteiger partial charge in [0.15, 0.2) is 0 Å². The third kappa shape index (κ3) is 2.41. The molecule has 0 saturated heterocycles. The van der Waals surface area contributed by atoms with Crippen molar-refractivity contribution in [3.63, 3.8) is 0 Å². The third-order valence-corrected chi connectivity index (χ3v) is 2.21. The molecule has 0 aliphatic carbocycles. The minimum atomic E-state index is 0.699. The monoisotopic (exact) mass is 202 g/mol. The van der Waals surface area contributed by atoms with Gasteiger partial charge in [0, 0.05) is 30.7 Å². The fraction of sp³-hybridized carbons (Fsp3) is 0.273. The number of pyridine rings is 1. The van der Waals surface area contributed by atoms with Crippen LogP contribution >= 0.6 is 0 Å². The average Bonchev–Trinajstić information content (AvgIpc) is 2.76. The first-order chi connectivity index (χ1) is 7.40. The Morgan fingerprint density at radius 2 is 2.00 bits per heavy atom. The SMILES string of the molecule is NCCCn1ccc(-c2ccncc2)n1. The highest BCUT2D eigenvalue weighted by atomic mass is 15.3. The Kier molecular flexibility index (Phi) is 3.09. The van der Waals surface area contributed by atoms with Crippen LogP contribution in [0.25, 0.3) is 11.3 Å². The van der Waals surface area contributed by atoms with Crippen LogP contribution in [0.4, 0.5) is 0 Å². The van der Waals surface area contributed by atoms with Gasteiger partial charge >= 0.3 is 0 Å². The van der Waals surface area contributed by atoms with Crippen molar-refractivity contribution in [1.29, 1.82) is 0 Å². The van der Waals surface area contributed by atoms with E-state index >= 15 is 0 Å². The number of nitrogens with two attached hydrogens (primary N) is 1. The summed E-state index contributed by atoms with van der Waals surface area (Å²) in [6, 6.07) is 5.91. The van der Waals surface area contributed by atoms with Crippen LogP contribution in [0, 0.1) is 0 Å². The highest BCUT2D eigenvalue weighted by Crippen LogP contribution is 2.14. The fourth-order valence-corrected chi connectivity index (χ4v) is 1.42. The predicted octanol–water partition coefficient (Wildman–Crippen LogP) is 1.29. The Balaban J connectivity index is 2.14. The summed E-state index contributed by atoms with van der Waals surface area (Å²) in [4.78, 5) is 3.98. The minimum Gasteiger partial charge on any atom is -0.330 e. The first-order valence-electron chi connectivity index (χ1n) is 5.04. The van der Waals surface area contributed by atoms with Crippen LogP contribution in [0.15, 0.2) is 36.8 Å². The van der Waals surface area contributed by atoms with Crippen LogP contribution in [0.2, 0.25) is 0 Å². The molecule has 0 spiro atoms. The first-order valence-corrected chi connectivity index (χ1v) is 5.04. The second-order valence-electron chi connectivity index (χ2n) is 3.34. The Morgan fingerprint density at radius 1 is 1.20 bits per heavy atom. The molecule has 0 aromatic carbocycles.